The summed E-state index contributed by atoms with van der Waals surface area (Å²) in [7, 11) is 0. The molecule has 0 fully saturated rings. The number of amides is 1. The van der Waals surface area contributed by atoms with Gasteiger partial charge in [-0.05, 0) is 31.2 Å². The van der Waals surface area contributed by atoms with Gasteiger partial charge >= 0.3 is 0 Å². The van der Waals surface area contributed by atoms with Crippen molar-refractivity contribution < 1.29 is 9.53 Å². The molecule has 1 heterocycles. The van der Waals surface area contributed by atoms with Gasteiger partial charge in [-0.2, -0.15) is 0 Å². The van der Waals surface area contributed by atoms with Crippen LogP contribution in [0.5, 0.6) is 5.75 Å². The number of benzene rings is 1. The predicted molar refractivity (Wildman–Crippen MR) is 85.3 cm³/mol. The van der Waals surface area contributed by atoms with Crippen LogP contribution >= 0.6 is 15.9 Å². The summed E-state index contributed by atoms with van der Waals surface area (Å²) in [5.74, 6) is 0.415. The first-order chi connectivity index (χ1) is 10.1. The lowest BCUT2D eigenvalue weighted by Gasteiger charge is -2.11. The average molecular weight is 351 g/mol. The molecular weight excluding hydrogens is 336 g/mol. The van der Waals surface area contributed by atoms with Gasteiger partial charge in [-0.25, -0.2) is 0 Å². The maximum atomic E-state index is 12.1. The van der Waals surface area contributed by atoms with Crippen LogP contribution in [-0.2, 0) is 5.33 Å². The highest BCUT2D eigenvalue weighted by Crippen LogP contribution is 2.25. The molecule has 0 aliphatic carbocycles. The lowest BCUT2D eigenvalue weighted by Crippen LogP contribution is -2.18. The SMILES string of the molecule is CCOc1ccc(NC(=O)c2cccc(=O)[nH]2)cc1CBr. The Morgan fingerprint density at radius 2 is 2.14 bits per heavy atom. The van der Waals surface area contributed by atoms with E-state index in [1.165, 1.54) is 12.1 Å². The number of nitrogens with one attached hydrogen (secondary N) is 2. The van der Waals surface area contributed by atoms with Crippen LogP contribution in [0.25, 0.3) is 0 Å². The van der Waals surface area contributed by atoms with Crippen LogP contribution in [-0.4, -0.2) is 17.5 Å². The summed E-state index contributed by atoms with van der Waals surface area (Å²) in [6.45, 7) is 2.50. The van der Waals surface area contributed by atoms with Crippen molar-refractivity contribution >= 4 is 27.5 Å². The first-order valence-corrected chi connectivity index (χ1v) is 7.58. The van der Waals surface area contributed by atoms with E-state index in [1.54, 1.807) is 12.1 Å². The minimum absolute atomic E-state index is 0.219. The summed E-state index contributed by atoms with van der Waals surface area (Å²) in [6.07, 6.45) is 0. The van der Waals surface area contributed by atoms with Crippen molar-refractivity contribution in [3.63, 3.8) is 0 Å². The number of H-pyrrole nitrogens is 1. The average Bonchev–Trinajstić information content (AvgIpc) is 2.49. The number of carbonyl (C=O) groups is 1. The van der Waals surface area contributed by atoms with Gasteiger partial charge in [-0.1, -0.05) is 22.0 Å². The molecule has 2 N–H and O–H groups in total. The molecule has 6 heteroatoms. The van der Waals surface area contributed by atoms with Crippen molar-refractivity contribution in [1.29, 1.82) is 0 Å². The second-order valence-corrected chi connectivity index (χ2v) is 4.83. The number of halogens is 1. The molecule has 0 spiro atoms. The molecule has 2 aromatic rings. The van der Waals surface area contributed by atoms with Gasteiger partial charge in [-0.15, -0.1) is 0 Å². The van der Waals surface area contributed by atoms with E-state index in [1.807, 2.05) is 19.1 Å². The first kappa shape index (κ1) is 15.3. The lowest BCUT2D eigenvalue weighted by atomic mass is 10.2. The van der Waals surface area contributed by atoms with E-state index in [0.717, 1.165) is 11.3 Å². The van der Waals surface area contributed by atoms with Crippen LogP contribution < -0.4 is 15.6 Å². The minimum atomic E-state index is -0.364. The van der Waals surface area contributed by atoms with Gasteiger partial charge in [0, 0.05) is 22.6 Å². The Morgan fingerprint density at radius 1 is 1.33 bits per heavy atom. The maximum Gasteiger partial charge on any atom is 0.272 e. The van der Waals surface area contributed by atoms with Crippen molar-refractivity contribution in [2.75, 3.05) is 11.9 Å². The van der Waals surface area contributed by atoms with Gasteiger partial charge in [-0.3, -0.25) is 9.59 Å². The summed E-state index contributed by atoms with van der Waals surface area (Å²) < 4.78 is 5.50. The highest BCUT2D eigenvalue weighted by molar-refractivity contribution is 9.08. The normalized spacial score (nSPS) is 10.2. The molecule has 2 rings (SSSR count). The molecule has 1 amide bonds. The van der Waals surface area contributed by atoms with E-state index >= 15 is 0 Å². The molecule has 0 aliphatic rings. The number of anilines is 1. The summed E-state index contributed by atoms with van der Waals surface area (Å²) in [4.78, 5) is 25.7. The van der Waals surface area contributed by atoms with Gasteiger partial charge in [0.25, 0.3) is 5.91 Å². The summed E-state index contributed by atoms with van der Waals surface area (Å²) in [6, 6.07) is 9.85. The number of hydrogen-bond acceptors (Lipinski definition) is 3. The molecule has 0 unspecified atom stereocenters. The number of alkyl halides is 1. The Morgan fingerprint density at radius 3 is 2.81 bits per heavy atom. The van der Waals surface area contributed by atoms with E-state index in [0.29, 0.717) is 17.6 Å². The van der Waals surface area contributed by atoms with Gasteiger partial charge in [0.15, 0.2) is 0 Å². The van der Waals surface area contributed by atoms with Crippen LogP contribution in [0.2, 0.25) is 0 Å². The van der Waals surface area contributed by atoms with Crippen LogP contribution in [0.3, 0.4) is 0 Å². The Hall–Kier alpha value is -2.08. The Balaban J connectivity index is 2.19. The van der Waals surface area contributed by atoms with Crippen molar-refractivity contribution in [1.82, 2.24) is 4.98 Å². The fourth-order valence-corrected chi connectivity index (χ4v) is 2.27. The summed E-state index contributed by atoms with van der Waals surface area (Å²) >= 11 is 3.39. The van der Waals surface area contributed by atoms with Gasteiger partial charge < -0.3 is 15.0 Å². The third-order valence-corrected chi connectivity index (χ3v) is 3.38. The van der Waals surface area contributed by atoms with Gasteiger partial charge in [0.2, 0.25) is 5.56 Å². The molecule has 0 aliphatic heterocycles. The fourth-order valence-electron chi connectivity index (χ4n) is 1.84. The topological polar surface area (TPSA) is 71.2 Å². The van der Waals surface area contributed by atoms with Gasteiger partial charge in [0.1, 0.15) is 11.4 Å². The van der Waals surface area contributed by atoms with Crippen LogP contribution in [0.4, 0.5) is 5.69 Å². The maximum absolute atomic E-state index is 12.1. The van der Waals surface area contributed by atoms with Crippen LogP contribution in [0, 0.1) is 0 Å². The van der Waals surface area contributed by atoms with Crippen LogP contribution in [0.1, 0.15) is 23.0 Å². The van der Waals surface area contributed by atoms with E-state index in [2.05, 4.69) is 26.2 Å². The Kier molecular flexibility index (Phi) is 5.16. The molecular formula is C15H15BrN2O3. The number of carbonyl (C=O) groups excluding carboxylic acids is 1. The molecule has 0 saturated carbocycles. The molecule has 0 atom stereocenters. The molecule has 5 nitrogen and oxygen atoms in total. The molecule has 0 saturated heterocycles. The van der Waals surface area contributed by atoms with E-state index in [-0.39, 0.29) is 17.2 Å². The second kappa shape index (κ2) is 7.08. The number of rotatable bonds is 5. The zero-order valence-electron chi connectivity index (χ0n) is 11.5. The van der Waals surface area contributed by atoms with Crippen molar-refractivity contribution in [3.8, 4) is 5.75 Å². The standard InChI is InChI=1S/C15H15BrN2O3/c1-2-21-13-7-6-11(8-10(13)9-16)17-15(20)12-4-3-5-14(19)18-12/h3-8H,2,9H2,1H3,(H,17,20)(H,18,19). The summed E-state index contributed by atoms with van der Waals surface area (Å²) in [5.41, 5.74) is 1.49. The van der Waals surface area contributed by atoms with Crippen molar-refractivity contribution in [3.05, 3.63) is 58.0 Å². The smallest absolute Gasteiger partial charge is 0.272 e. The number of aromatic nitrogens is 1. The zero-order valence-corrected chi connectivity index (χ0v) is 13.1. The van der Waals surface area contributed by atoms with Crippen LogP contribution in [0.15, 0.2) is 41.2 Å². The number of hydrogen-bond donors (Lipinski definition) is 2. The van der Waals surface area contributed by atoms with Crippen molar-refractivity contribution in [2.45, 2.75) is 12.3 Å². The number of aromatic amines is 1. The number of pyridine rings is 1. The first-order valence-electron chi connectivity index (χ1n) is 6.46. The quantitative estimate of drug-likeness (QED) is 0.814. The Bertz CT molecular complexity index is 697. The lowest BCUT2D eigenvalue weighted by molar-refractivity contribution is 0.102. The molecule has 1 aromatic heterocycles. The zero-order chi connectivity index (χ0) is 15.2. The third kappa shape index (κ3) is 3.95. The molecule has 1 aromatic carbocycles. The molecule has 0 radical (unpaired) electrons. The monoisotopic (exact) mass is 350 g/mol. The molecule has 21 heavy (non-hydrogen) atoms. The van der Waals surface area contributed by atoms with E-state index in [9.17, 15) is 9.59 Å². The molecule has 110 valence electrons. The van der Waals surface area contributed by atoms with E-state index in [4.69, 9.17) is 4.74 Å². The third-order valence-electron chi connectivity index (χ3n) is 2.78. The Labute approximate surface area is 130 Å². The highest BCUT2D eigenvalue weighted by atomic mass is 79.9. The minimum Gasteiger partial charge on any atom is -0.494 e. The molecule has 0 bridgehead atoms. The van der Waals surface area contributed by atoms with E-state index < -0.39 is 0 Å². The second-order valence-electron chi connectivity index (χ2n) is 4.27. The van der Waals surface area contributed by atoms with Gasteiger partial charge in [0.05, 0.1) is 6.61 Å². The van der Waals surface area contributed by atoms with Crippen molar-refractivity contribution in [2.24, 2.45) is 0 Å². The number of ether oxygens (including phenoxy) is 1. The largest absolute Gasteiger partial charge is 0.494 e. The fraction of sp³-hybridized carbons (Fsp3) is 0.200. The predicted octanol–water partition coefficient (Wildman–Crippen LogP) is 2.92. The summed E-state index contributed by atoms with van der Waals surface area (Å²) in [5, 5.41) is 3.36. The highest BCUT2D eigenvalue weighted by Gasteiger charge is 2.09.